The first-order valence-corrected chi connectivity index (χ1v) is 13.5. The van der Waals surface area contributed by atoms with Crippen molar-refractivity contribution >= 4 is 50.1 Å². The normalized spacial score (nSPS) is 16.4. The molecule has 13 heteroatoms. The lowest BCUT2D eigenvalue weighted by Gasteiger charge is -2.22. The van der Waals surface area contributed by atoms with Crippen molar-refractivity contribution in [3.63, 3.8) is 0 Å². The zero-order chi connectivity index (χ0) is 26.3. The first-order chi connectivity index (χ1) is 17.7. The number of ether oxygens (including phenoxy) is 1. The molecule has 192 valence electrons. The van der Waals surface area contributed by atoms with Gasteiger partial charge in [-0.15, -0.1) is 0 Å². The summed E-state index contributed by atoms with van der Waals surface area (Å²) in [4.78, 5) is 20.0. The van der Waals surface area contributed by atoms with Gasteiger partial charge < -0.3 is 9.84 Å². The lowest BCUT2D eigenvalue weighted by Crippen LogP contribution is -2.40. The SMILES string of the molecule is Cc1cc(-n2cncn2)c2cccc(OCc3c(Cl)ccc(S(=O)(=O)N4CCC[C@H]4C(=O)O)c3Cl)c2n1. The number of rotatable bonds is 7. The van der Waals surface area contributed by atoms with Gasteiger partial charge in [0, 0.05) is 28.2 Å². The van der Waals surface area contributed by atoms with Gasteiger partial charge in [0.1, 0.15) is 41.5 Å². The van der Waals surface area contributed by atoms with Gasteiger partial charge in [-0.2, -0.15) is 9.40 Å². The van der Waals surface area contributed by atoms with Crippen molar-refractivity contribution in [3.05, 3.63) is 70.4 Å². The van der Waals surface area contributed by atoms with Crippen molar-refractivity contribution in [2.75, 3.05) is 6.54 Å². The minimum absolute atomic E-state index is 0.0964. The highest BCUT2D eigenvalue weighted by molar-refractivity contribution is 7.89. The van der Waals surface area contributed by atoms with E-state index < -0.39 is 22.0 Å². The summed E-state index contributed by atoms with van der Waals surface area (Å²) in [6.45, 7) is 1.80. The molecule has 3 heterocycles. The summed E-state index contributed by atoms with van der Waals surface area (Å²) >= 11 is 12.9. The fourth-order valence-corrected chi connectivity index (χ4v) is 6.94. The molecule has 1 saturated heterocycles. The summed E-state index contributed by atoms with van der Waals surface area (Å²) in [5.74, 6) is -0.757. The maximum Gasteiger partial charge on any atom is 0.322 e. The Morgan fingerprint density at radius 1 is 1.24 bits per heavy atom. The average Bonchev–Trinajstić information content (AvgIpc) is 3.56. The number of fused-ring (bicyclic) bond motifs is 1. The smallest absolute Gasteiger partial charge is 0.322 e. The van der Waals surface area contributed by atoms with Crippen LogP contribution >= 0.6 is 23.2 Å². The molecule has 0 amide bonds. The van der Waals surface area contributed by atoms with Gasteiger partial charge in [0.05, 0.1) is 10.7 Å². The molecule has 0 unspecified atom stereocenters. The molecular weight excluding hydrogens is 541 g/mol. The number of aromatic nitrogens is 4. The summed E-state index contributed by atoms with van der Waals surface area (Å²) in [6, 6.07) is 8.87. The lowest BCUT2D eigenvalue weighted by molar-refractivity contribution is -0.140. The Kier molecular flexibility index (Phi) is 6.80. The van der Waals surface area contributed by atoms with Crippen LogP contribution in [0.15, 0.2) is 53.9 Å². The summed E-state index contributed by atoms with van der Waals surface area (Å²) in [7, 11) is -4.18. The number of aliphatic carboxylic acids is 1. The van der Waals surface area contributed by atoms with Crippen LogP contribution in [0, 0.1) is 6.92 Å². The Labute approximate surface area is 222 Å². The highest BCUT2D eigenvalue weighted by atomic mass is 35.5. The Morgan fingerprint density at radius 2 is 2.05 bits per heavy atom. The number of carboxylic acid groups (broad SMARTS) is 1. The van der Waals surface area contributed by atoms with Crippen molar-refractivity contribution in [2.45, 2.75) is 37.3 Å². The topological polar surface area (TPSA) is 128 Å². The van der Waals surface area contributed by atoms with E-state index in [1.165, 1.54) is 18.5 Å². The number of hydrogen-bond donors (Lipinski definition) is 1. The minimum Gasteiger partial charge on any atom is -0.487 e. The minimum atomic E-state index is -4.18. The molecule has 0 aliphatic carbocycles. The predicted octanol–water partition coefficient (Wildman–Crippen LogP) is 4.25. The number of para-hydroxylation sites is 1. The van der Waals surface area contributed by atoms with Crippen LogP contribution in [0.2, 0.25) is 10.0 Å². The molecule has 0 radical (unpaired) electrons. The van der Waals surface area contributed by atoms with Crippen LogP contribution in [0.4, 0.5) is 0 Å². The molecular formula is C24H21Cl2N5O5S. The Bertz CT molecular complexity index is 1610. The summed E-state index contributed by atoms with van der Waals surface area (Å²) in [5.41, 5.74) is 2.34. The molecule has 10 nitrogen and oxygen atoms in total. The molecule has 5 rings (SSSR count). The predicted molar refractivity (Wildman–Crippen MR) is 137 cm³/mol. The number of sulfonamides is 1. The molecule has 1 aliphatic heterocycles. The largest absolute Gasteiger partial charge is 0.487 e. The number of carboxylic acids is 1. The third-order valence-corrected chi connectivity index (χ3v) is 9.02. The molecule has 1 atom stereocenters. The van der Waals surface area contributed by atoms with Crippen molar-refractivity contribution in [2.24, 2.45) is 0 Å². The molecule has 2 aromatic carbocycles. The fraction of sp³-hybridized carbons (Fsp3) is 0.250. The van der Waals surface area contributed by atoms with E-state index in [-0.39, 0.29) is 40.1 Å². The van der Waals surface area contributed by atoms with Gasteiger partial charge in [-0.1, -0.05) is 35.3 Å². The number of benzene rings is 2. The van der Waals surface area contributed by atoms with Gasteiger partial charge in [-0.3, -0.25) is 4.79 Å². The van der Waals surface area contributed by atoms with Gasteiger partial charge in [0.25, 0.3) is 0 Å². The number of carbonyl (C=O) groups is 1. The number of pyridine rings is 1. The average molecular weight is 562 g/mol. The van der Waals surface area contributed by atoms with Crippen LogP contribution in [0.5, 0.6) is 5.75 Å². The highest BCUT2D eigenvalue weighted by Crippen LogP contribution is 2.37. The Hall–Kier alpha value is -3.25. The first-order valence-electron chi connectivity index (χ1n) is 11.3. The quantitative estimate of drug-likeness (QED) is 0.354. The van der Waals surface area contributed by atoms with Crippen molar-refractivity contribution in [1.82, 2.24) is 24.1 Å². The number of aryl methyl sites for hydroxylation is 1. The zero-order valence-electron chi connectivity index (χ0n) is 19.5. The van der Waals surface area contributed by atoms with Gasteiger partial charge in [0.2, 0.25) is 10.0 Å². The maximum absolute atomic E-state index is 13.3. The lowest BCUT2D eigenvalue weighted by atomic mass is 10.1. The van der Waals surface area contributed by atoms with Crippen LogP contribution in [0.3, 0.4) is 0 Å². The Morgan fingerprint density at radius 3 is 2.78 bits per heavy atom. The summed E-state index contributed by atoms with van der Waals surface area (Å²) < 4.78 is 35.4. The van der Waals surface area contributed by atoms with Crippen LogP contribution in [-0.4, -0.2) is 56.1 Å². The van der Waals surface area contributed by atoms with E-state index in [1.807, 2.05) is 19.1 Å². The highest BCUT2D eigenvalue weighted by Gasteiger charge is 2.40. The van der Waals surface area contributed by atoms with Crippen molar-refractivity contribution < 1.29 is 23.1 Å². The number of halogens is 2. The number of nitrogens with zero attached hydrogens (tertiary/aromatic N) is 5. The van der Waals surface area contributed by atoms with Gasteiger partial charge in [0.15, 0.2) is 0 Å². The van der Waals surface area contributed by atoms with E-state index in [0.29, 0.717) is 17.7 Å². The molecule has 0 saturated carbocycles. The van der Waals surface area contributed by atoms with E-state index in [0.717, 1.165) is 21.1 Å². The second-order valence-electron chi connectivity index (χ2n) is 8.51. The van der Waals surface area contributed by atoms with Crippen LogP contribution in [0.1, 0.15) is 24.1 Å². The van der Waals surface area contributed by atoms with E-state index in [2.05, 4.69) is 15.1 Å². The van der Waals surface area contributed by atoms with Crippen LogP contribution < -0.4 is 4.74 Å². The van der Waals surface area contributed by atoms with E-state index >= 15 is 0 Å². The van der Waals surface area contributed by atoms with Crippen molar-refractivity contribution in [3.8, 4) is 11.4 Å². The van der Waals surface area contributed by atoms with E-state index in [9.17, 15) is 18.3 Å². The zero-order valence-corrected chi connectivity index (χ0v) is 21.8. The molecule has 0 spiro atoms. The van der Waals surface area contributed by atoms with E-state index in [4.69, 9.17) is 27.9 Å². The third kappa shape index (κ3) is 4.63. The number of hydrogen-bond acceptors (Lipinski definition) is 7. The maximum atomic E-state index is 13.3. The Balaban J connectivity index is 1.50. The van der Waals surface area contributed by atoms with Crippen LogP contribution in [-0.2, 0) is 21.4 Å². The second-order valence-corrected chi connectivity index (χ2v) is 11.2. The fourth-order valence-electron chi connectivity index (χ4n) is 4.43. The third-order valence-electron chi connectivity index (χ3n) is 6.17. The van der Waals surface area contributed by atoms with Gasteiger partial charge in [-0.25, -0.2) is 23.1 Å². The first kappa shape index (κ1) is 25.4. The van der Waals surface area contributed by atoms with Crippen LogP contribution in [0.25, 0.3) is 16.6 Å². The second kappa shape index (κ2) is 9.90. The summed E-state index contributed by atoms with van der Waals surface area (Å²) in [6.07, 6.45) is 3.71. The molecule has 0 bridgehead atoms. The van der Waals surface area contributed by atoms with Gasteiger partial charge >= 0.3 is 5.97 Å². The van der Waals surface area contributed by atoms with Crippen molar-refractivity contribution in [1.29, 1.82) is 0 Å². The molecule has 2 aromatic heterocycles. The monoisotopic (exact) mass is 561 g/mol. The molecule has 4 aromatic rings. The molecule has 1 fully saturated rings. The standard InChI is InChI=1S/C24H21Cl2N5O5S/c1-14-10-19(30-13-27-12-28-30)15-4-2-6-20(23(15)29-14)36-11-16-17(25)7-8-21(22(16)26)37(34,35)31-9-3-5-18(31)24(32)33/h2,4,6-8,10,12-13,18H,3,5,9,11H2,1H3,(H,32,33)/t18-/m0/s1. The molecule has 37 heavy (non-hydrogen) atoms. The van der Waals surface area contributed by atoms with Gasteiger partial charge in [-0.05, 0) is 44.0 Å². The molecule has 1 aliphatic rings. The summed E-state index contributed by atoms with van der Waals surface area (Å²) in [5, 5.41) is 14.5. The van der Waals surface area contributed by atoms with E-state index in [1.54, 1.807) is 23.1 Å². The molecule has 1 N–H and O–H groups in total.